The normalized spacial score (nSPS) is 44.8. The lowest BCUT2D eigenvalue weighted by Gasteiger charge is -2.61. The summed E-state index contributed by atoms with van der Waals surface area (Å²) >= 11 is 0. The Morgan fingerprint density at radius 2 is 1.76 bits per heavy atom. The Balaban J connectivity index is 1.87. The van der Waals surface area contributed by atoms with Gasteiger partial charge in [-0.2, -0.15) is 0 Å². The molecule has 0 amide bonds. The molecule has 4 fully saturated rings. The van der Waals surface area contributed by atoms with E-state index in [1.165, 1.54) is 5.56 Å². The molecule has 4 heteroatoms. The summed E-state index contributed by atoms with van der Waals surface area (Å²) < 4.78 is 0. The third-order valence-corrected chi connectivity index (χ3v) is 5.95. The summed E-state index contributed by atoms with van der Waals surface area (Å²) in [5.74, 6) is 0.329. The molecule has 4 saturated heterocycles. The van der Waals surface area contributed by atoms with Crippen LogP contribution in [0.1, 0.15) is 5.56 Å². The van der Waals surface area contributed by atoms with Crippen LogP contribution in [0.4, 0.5) is 0 Å². The third kappa shape index (κ3) is 1.83. The zero-order valence-electron chi connectivity index (χ0n) is 12.8. The van der Waals surface area contributed by atoms with Gasteiger partial charge in [-0.15, -0.1) is 0 Å². The maximum absolute atomic E-state index is 11.7. The Bertz CT molecular complexity index is 504. The van der Waals surface area contributed by atoms with Crippen molar-refractivity contribution < 1.29 is 5.11 Å². The largest absolute Gasteiger partial charge is 0.387 e. The van der Waals surface area contributed by atoms with E-state index < -0.39 is 5.60 Å². The minimum atomic E-state index is -0.652. The summed E-state index contributed by atoms with van der Waals surface area (Å²) in [6.45, 7) is 6.96. The minimum Gasteiger partial charge on any atom is -0.387 e. The fourth-order valence-electron chi connectivity index (χ4n) is 4.99. The highest BCUT2D eigenvalue weighted by atomic mass is 16.3. The van der Waals surface area contributed by atoms with Gasteiger partial charge in [-0.25, -0.2) is 0 Å². The van der Waals surface area contributed by atoms with E-state index in [-0.39, 0.29) is 5.41 Å². The SMILES string of the molecule is CNCC1(O)C2CN3CCN(C2)CC1(c1ccccc1)C3. The molecule has 4 aliphatic heterocycles. The standard InChI is InChI=1S/C17H25N3O/c1-18-11-17(21)15-9-19-7-8-20(10-15)13-16(17,12-19)14-5-3-2-4-6-14/h2-6,15,18,21H,7-13H2,1H3. The fraction of sp³-hybridized carbons (Fsp3) is 0.647. The molecule has 0 radical (unpaired) electrons. The number of hydrogen-bond donors (Lipinski definition) is 2. The summed E-state index contributed by atoms with van der Waals surface area (Å²) in [7, 11) is 1.95. The van der Waals surface area contributed by atoms with Crippen molar-refractivity contribution in [3.05, 3.63) is 35.9 Å². The quantitative estimate of drug-likeness (QED) is 0.829. The molecule has 1 aromatic carbocycles. The summed E-state index contributed by atoms with van der Waals surface area (Å²) in [4.78, 5) is 5.13. The first-order valence-electron chi connectivity index (χ1n) is 8.05. The lowest BCUT2D eigenvalue weighted by molar-refractivity contribution is -0.157. The van der Waals surface area contributed by atoms with Gasteiger partial charge in [-0.3, -0.25) is 0 Å². The molecular weight excluding hydrogens is 262 g/mol. The Kier molecular flexibility index (Phi) is 3.12. The summed E-state index contributed by atoms with van der Waals surface area (Å²) in [5, 5.41) is 15.0. The van der Waals surface area contributed by atoms with E-state index in [1.54, 1.807) is 0 Å². The fourth-order valence-corrected chi connectivity index (χ4v) is 4.99. The van der Waals surface area contributed by atoms with Gasteiger partial charge in [0.2, 0.25) is 0 Å². The molecule has 21 heavy (non-hydrogen) atoms. The lowest BCUT2D eigenvalue weighted by Crippen LogP contribution is -2.75. The maximum atomic E-state index is 11.7. The second kappa shape index (κ2) is 4.78. The van der Waals surface area contributed by atoms with Crippen molar-refractivity contribution in [2.45, 2.75) is 11.0 Å². The summed E-state index contributed by atoms with van der Waals surface area (Å²) in [6.07, 6.45) is 0. The van der Waals surface area contributed by atoms with Crippen molar-refractivity contribution >= 4 is 0 Å². The van der Waals surface area contributed by atoms with Gasteiger partial charge < -0.3 is 20.2 Å². The molecule has 0 saturated carbocycles. The van der Waals surface area contributed by atoms with Crippen molar-refractivity contribution in [3.63, 3.8) is 0 Å². The van der Waals surface area contributed by atoms with Gasteiger partial charge >= 0.3 is 0 Å². The molecule has 1 aromatic rings. The van der Waals surface area contributed by atoms with Gasteiger partial charge in [0, 0.05) is 51.7 Å². The van der Waals surface area contributed by atoms with Gasteiger partial charge in [0.15, 0.2) is 0 Å². The highest BCUT2D eigenvalue weighted by Gasteiger charge is 2.63. The van der Waals surface area contributed by atoms with E-state index in [0.717, 1.165) is 39.3 Å². The van der Waals surface area contributed by atoms with E-state index in [0.29, 0.717) is 12.5 Å². The van der Waals surface area contributed by atoms with Gasteiger partial charge in [0.05, 0.1) is 11.0 Å². The van der Waals surface area contributed by atoms with Gasteiger partial charge in [0.1, 0.15) is 0 Å². The number of fused-ring (bicyclic) bond motifs is 1. The molecular formula is C17H25N3O. The monoisotopic (exact) mass is 287 g/mol. The van der Waals surface area contributed by atoms with Crippen molar-refractivity contribution in [2.75, 3.05) is 52.9 Å². The average Bonchev–Trinajstić information content (AvgIpc) is 2.75. The molecule has 0 aromatic heterocycles. The molecule has 4 nitrogen and oxygen atoms in total. The number of rotatable bonds is 3. The summed E-state index contributed by atoms with van der Waals surface area (Å²) in [6, 6.07) is 10.7. The molecule has 0 aliphatic carbocycles. The molecule has 114 valence electrons. The van der Waals surface area contributed by atoms with Crippen LogP contribution in [0.5, 0.6) is 0 Å². The van der Waals surface area contributed by atoms with E-state index in [1.807, 2.05) is 7.05 Å². The number of hydrogen-bond acceptors (Lipinski definition) is 4. The summed E-state index contributed by atoms with van der Waals surface area (Å²) in [5.41, 5.74) is 0.471. The molecule has 2 N–H and O–H groups in total. The van der Waals surface area contributed by atoms with Crippen LogP contribution in [0.25, 0.3) is 0 Å². The van der Waals surface area contributed by atoms with Gasteiger partial charge in [-0.05, 0) is 12.6 Å². The molecule has 4 heterocycles. The Hall–Kier alpha value is -0.940. The molecule has 0 spiro atoms. The van der Waals surface area contributed by atoms with E-state index in [9.17, 15) is 5.11 Å². The van der Waals surface area contributed by atoms with Gasteiger partial charge in [0.25, 0.3) is 0 Å². The smallest absolute Gasteiger partial charge is 0.0944 e. The molecule has 3 unspecified atom stereocenters. The Morgan fingerprint density at radius 1 is 1.14 bits per heavy atom. The lowest BCUT2D eigenvalue weighted by atomic mass is 9.57. The Morgan fingerprint density at radius 3 is 2.33 bits per heavy atom. The van der Waals surface area contributed by atoms with Gasteiger partial charge in [-0.1, -0.05) is 30.3 Å². The first-order valence-corrected chi connectivity index (χ1v) is 8.05. The number of aliphatic hydroxyl groups is 1. The molecule has 4 bridgehead atoms. The number of nitrogens with zero attached hydrogens (tertiary/aromatic N) is 2. The average molecular weight is 287 g/mol. The minimum absolute atomic E-state index is 0.172. The predicted molar refractivity (Wildman–Crippen MR) is 83.4 cm³/mol. The number of piperidine rings is 2. The van der Waals surface area contributed by atoms with E-state index in [2.05, 4.69) is 45.4 Å². The molecule has 3 atom stereocenters. The second-order valence-electron chi connectivity index (χ2n) is 7.07. The van der Waals surface area contributed by atoms with Crippen LogP contribution < -0.4 is 5.32 Å². The van der Waals surface area contributed by atoms with Crippen LogP contribution in [0, 0.1) is 5.92 Å². The van der Waals surface area contributed by atoms with E-state index >= 15 is 0 Å². The van der Waals surface area contributed by atoms with Crippen molar-refractivity contribution in [1.82, 2.24) is 15.1 Å². The number of likely N-dealkylation sites (N-methyl/N-ethyl adjacent to an activating group) is 1. The van der Waals surface area contributed by atoms with Crippen molar-refractivity contribution in [2.24, 2.45) is 5.92 Å². The van der Waals surface area contributed by atoms with E-state index in [4.69, 9.17) is 0 Å². The zero-order chi connectivity index (χ0) is 14.5. The predicted octanol–water partition coefficient (Wildman–Crippen LogP) is 0.136. The van der Waals surface area contributed by atoms with Crippen LogP contribution in [-0.4, -0.2) is 73.4 Å². The second-order valence-corrected chi connectivity index (χ2v) is 7.07. The van der Waals surface area contributed by atoms with Crippen LogP contribution in [-0.2, 0) is 5.41 Å². The molecule has 4 aliphatic rings. The third-order valence-electron chi connectivity index (χ3n) is 5.95. The number of benzene rings is 1. The van der Waals surface area contributed by atoms with Crippen LogP contribution in [0.3, 0.4) is 0 Å². The van der Waals surface area contributed by atoms with Crippen molar-refractivity contribution in [3.8, 4) is 0 Å². The topological polar surface area (TPSA) is 38.7 Å². The highest BCUT2D eigenvalue weighted by molar-refractivity contribution is 5.36. The Labute approximate surface area is 126 Å². The van der Waals surface area contributed by atoms with Crippen LogP contribution >= 0.6 is 0 Å². The number of nitrogens with one attached hydrogen (secondary N) is 1. The first kappa shape index (κ1) is 13.7. The molecule has 5 rings (SSSR count). The first-order chi connectivity index (χ1) is 10.2. The maximum Gasteiger partial charge on any atom is 0.0944 e. The highest BCUT2D eigenvalue weighted by Crippen LogP contribution is 2.49. The zero-order valence-corrected chi connectivity index (χ0v) is 12.8. The van der Waals surface area contributed by atoms with Crippen molar-refractivity contribution in [1.29, 1.82) is 0 Å². The van der Waals surface area contributed by atoms with Crippen LogP contribution in [0.15, 0.2) is 30.3 Å². The van der Waals surface area contributed by atoms with Crippen LogP contribution in [0.2, 0.25) is 0 Å².